The van der Waals surface area contributed by atoms with Crippen molar-refractivity contribution in [2.24, 2.45) is 0 Å². The molecule has 0 spiro atoms. The highest BCUT2D eigenvalue weighted by Gasteiger charge is 2.42. The zero-order valence-corrected chi connectivity index (χ0v) is 25.0. The number of fused-ring (bicyclic) bond motifs is 5. The first-order valence-corrected chi connectivity index (χ1v) is 14.0. The number of para-hydroxylation sites is 2. The van der Waals surface area contributed by atoms with Gasteiger partial charge in [0, 0.05) is 16.5 Å². The Morgan fingerprint density at radius 1 is 0.575 bits per heavy atom. The lowest BCUT2D eigenvalue weighted by Crippen LogP contribution is -2.44. The van der Waals surface area contributed by atoms with Crippen LogP contribution in [-0.2, 0) is 10.8 Å². The Hall–Kier alpha value is -3.34. The number of hydrogen-bond donors (Lipinski definition) is 2. The summed E-state index contributed by atoms with van der Waals surface area (Å²) in [5, 5.41) is 18.2. The molecule has 3 nitrogen and oxygen atoms in total. The van der Waals surface area contributed by atoms with Crippen LogP contribution in [-0.4, -0.2) is 29.3 Å². The third-order valence-electron chi connectivity index (χ3n) is 9.06. The third-order valence-corrected chi connectivity index (χ3v) is 9.06. The molecule has 0 aromatic heterocycles. The van der Waals surface area contributed by atoms with Crippen molar-refractivity contribution in [3.63, 3.8) is 0 Å². The van der Waals surface area contributed by atoms with Crippen molar-refractivity contribution >= 4 is 30.4 Å². The van der Waals surface area contributed by atoms with Gasteiger partial charge in [-0.2, -0.15) is 0 Å². The maximum absolute atomic E-state index is 9.10. The summed E-state index contributed by atoms with van der Waals surface area (Å²) < 4.78 is 0. The van der Waals surface area contributed by atoms with E-state index in [1.807, 2.05) is 6.07 Å². The van der Waals surface area contributed by atoms with Gasteiger partial charge in [-0.15, -0.1) is 0 Å². The van der Waals surface area contributed by atoms with Gasteiger partial charge >= 0.3 is 0 Å². The van der Waals surface area contributed by atoms with Gasteiger partial charge in [0.2, 0.25) is 0 Å². The van der Waals surface area contributed by atoms with Gasteiger partial charge in [0.05, 0.1) is 22.6 Å². The lowest BCUT2D eigenvalue weighted by Gasteiger charge is -2.42. The molecule has 6 rings (SSSR count). The predicted octanol–water partition coefficient (Wildman–Crippen LogP) is 7.42. The average molecular weight is 530 g/mol. The lowest BCUT2D eigenvalue weighted by molar-refractivity contribution is -0.107. The second-order valence-corrected chi connectivity index (χ2v) is 13.3. The number of aliphatic hydroxyl groups is 2. The minimum atomic E-state index is -1.01. The molecule has 4 aromatic carbocycles. The van der Waals surface area contributed by atoms with E-state index >= 15 is 0 Å². The van der Waals surface area contributed by atoms with Gasteiger partial charge in [-0.3, -0.25) is 0 Å². The van der Waals surface area contributed by atoms with Crippen LogP contribution in [0.3, 0.4) is 0 Å². The highest BCUT2D eigenvalue weighted by atomic mass is 16.3. The maximum Gasteiger partial charge on any atom is 0.113 e. The van der Waals surface area contributed by atoms with Crippen LogP contribution in [0.15, 0.2) is 84.9 Å². The van der Waals surface area contributed by atoms with E-state index in [1.165, 1.54) is 50.4 Å². The van der Waals surface area contributed by atoms with E-state index in [4.69, 9.17) is 18.1 Å². The Morgan fingerprint density at radius 3 is 1.75 bits per heavy atom. The summed E-state index contributed by atoms with van der Waals surface area (Å²) in [4.78, 5) is 2.43. The van der Waals surface area contributed by atoms with Gasteiger partial charge in [-0.05, 0) is 91.4 Å². The molecular weight excluding hydrogens is 489 g/mol. The summed E-state index contributed by atoms with van der Waals surface area (Å²) in [6.07, 6.45) is 0. The zero-order valence-electron chi connectivity index (χ0n) is 25.0. The first-order valence-electron chi connectivity index (χ1n) is 14.0. The molecule has 0 atom stereocenters. The zero-order chi connectivity index (χ0) is 29.3. The first-order chi connectivity index (χ1) is 18.5. The maximum atomic E-state index is 9.10. The third kappa shape index (κ3) is 4.48. The van der Waals surface area contributed by atoms with Crippen LogP contribution in [0, 0.1) is 0 Å². The molecule has 0 bridgehead atoms. The van der Waals surface area contributed by atoms with Crippen molar-refractivity contribution in [1.29, 1.82) is 0 Å². The molecule has 0 saturated heterocycles. The summed E-state index contributed by atoms with van der Waals surface area (Å²) in [6.45, 7) is 15.6. The average Bonchev–Trinajstić information content (AvgIpc) is 3.09. The van der Waals surface area contributed by atoms with Gasteiger partial charge in [0.25, 0.3) is 0 Å². The summed E-state index contributed by atoms with van der Waals surface area (Å²) in [7, 11) is 6.20. The quantitative estimate of drug-likeness (QED) is 0.266. The fourth-order valence-electron chi connectivity index (χ4n) is 5.80. The first kappa shape index (κ1) is 28.2. The normalized spacial score (nSPS) is 16.2. The fraction of sp³-hybridized carbons (Fsp3) is 0.333. The predicted molar refractivity (Wildman–Crippen MR) is 169 cm³/mol. The Labute approximate surface area is 240 Å². The largest absolute Gasteiger partial charge is 0.387 e. The Kier molecular flexibility index (Phi) is 6.60. The molecule has 1 aliphatic heterocycles. The van der Waals surface area contributed by atoms with Gasteiger partial charge in [-0.1, -0.05) is 87.8 Å². The molecule has 0 fully saturated rings. The Bertz CT molecular complexity index is 1560. The monoisotopic (exact) mass is 529 g/mol. The molecule has 1 aliphatic carbocycles. The molecule has 4 aromatic rings. The van der Waals surface area contributed by atoms with E-state index in [-0.39, 0.29) is 10.8 Å². The minimum absolute atomic E-state index is 0.0987. The SMILES string of the molecule is CC(C)(O)C(C)(C)O.[B]c1ccc2c(c1)C(C)(C)c1cc3c(cc1-2)C(C)(C)c1ccccc1N3c1ccccc1. The van der Waals surface area contributed by atoms with Crippen LogP contribution in [0.2, 0.25) is 0 Å². The smallest absolute Gasteiger partial charge is 0.113 e. The molecule has 1 heterocycles. The van der Waals surface area contributed by atoms with Crippen molar-refractivity contribution in [3.05, 3.63) is 107 Å². The van der Waals surface area contributed by atoms with E-state index in [9.17, 15) is 0 Å². The Morgan fingerprint density at radius 2 is 1.12 bits per heavy atom. The minimum Gasteiger partial charge on any atom is -0.387 e. The van der Waals surface area contributed by atoms with E-state index in [0.717, 1.165) is 5.46 Å². The second kappa shape index (κ2) is 9.36. The molecule has 40 heavy (non-hydrogen) atoms. The molecule has 2 N–H and O–H groups in total. The number of anilines is 3. The van der Waals surface area contributed by atoms with Crippen LogP contribution in [0.4, 0.5) is 17.1 Å². The summed E-state index contributed by atoms with van der Waals surface area (Å²) in [5.41, 5.74) is 10.4. The van der Waals surface area contributed by atoms with Crippen LogP contribution in [0.5, 0.6) is 0 Å². The standard InChI is InChI=1S/C30H26BN.C6H14O2/c1-29(2)23-12-8-9-13-27(23)32(20-10-6-5-7-11-20)28-18-25-22(17-26(28)29)21-15-14-19(31)16-24(21)30(25,3)4;1-5(2,7)6(3,4)8/h5-18H,1-4H3;7-8H,1-4H3. The number of hydrogen-bond acceptors (Lipinski definition) is 3. The second-order valence-electron chi connectivity index (χ2n) is 13.3. The van der Waals surface area contributed by atoms with Crippen LogP contribution < -0.4 is 10.4 Å². The van der Waals surface area contributed by atoms with Crippen molar-refractivity contribution in [1.82, 2.24) is 0 Å². The van der Waals surface area contributed by atoms with Crippen molar-refractivity contribution < 1.29 is 10.2 Å². The van der Waals surface area contributed by atoms with Crippen molar-refractivity contribution in [2.75, 3.05) is 4.90 Å². The van der Waals surface area contributed by atoms with Gasteiger partial charge in [-0.25, -0.2) is 0 Å². The summed E-state index contributed by atoms with van der Waals surface area (Å²) in [6, 6.07) is 30.8. The number of rotatable bonds is 2. The van der Waals surface area contributed by atoms with E-state index in [1.54, 1.807) is 27.7 Å². The topological polar surface area (TPSA) is 43.7 Å². The highest BCUT2D eigenvalue weighted by Crippen LogP contribution is 2.57. The highest BCUT2D eigenvalue weighted by molar-refractivity contribution is 6.32. The molecule has 0 saturated carbocycles. The summed E-state index contributed by atoms with van der Waals surface area (Å²) in [5.74, 6) is 0. The fourth-order valence-corrected chi connectivity index (χ4v) is 5.80. The van der Waals surface area contributed by atoms with Crippen LogP contribution in [0.25, 0.3) is 11.1 Å². The molecule has 2 aliphatic rings. The Balaban J connectivity index is 0.000000355. The van der Waals surface area contributed by atoms with E-state index < -0.39 is 11.2 Å². The van der Waals surface area contributed by atoms with Crippen LogP contribution in [0.1, 0.15) is 77.6 Å². The molecule has 0 unspecified atom stereocenters. The number of nitrogens with zero attached hydrogens (tertiary/aromatic N) is 1. The van der Waals surface area contributed by atoms with E-state index in [0.29, 0.717) is 0 Å². The lowest BCUT2D eigenvalue weighted by atomic mass is 9.72. The molecule has 2 radical (unpaired) electrons. The molecule has 204 valence electrons. The van der Waals surface area contributed by atoms with Crippen molar-refractivity contribution in [3.8, 4) is 11.1 Å². The molecule has 4 heteroatoms. The van der Waals surface area contributed by atoms with Crippen LogP contribution >= 0.6 is 0 Å². The molecule has 0 amide bonds. The van der Waals surface area contributed by atoms with Gasteiger partial charge in [0.15, 0.2) is 0 Å². The molecular formula is C36H40BNO2. The van der Waals surface area contributed by atoms with E-state index in [2.05, 4.69) is 111 Å². The van der Waals surface area contributed by atoms with Crippen molar-refractivity contribution in [2.45, 2.75) is 77.4 Å². The van der Waals surface area contributed by atoms with Gasteiger partial charge < -0.3 is 15.1 Å². The summed E-state index contributed by atoms with van der Waals surface area (Å²) >= 11 is 0. The van der Waals surface area contributed by atoms with Gasteiger partial charge in [0.1, 0.15) is 7.85 Å². The number of benzene rings is 4.